The highest BCUT2D eigenvalue weighted by Crippen LogP contribution is 2.29. The largest absolute Gasteiger partial charge is 0.322 e. The fourth-order valence-electron chi connectivity index (χ4n) is 5.35. The van der Waals surface area contributed by atoms with Gasteiger partial charge in [-0.25, -0.2) is 0 Å². The van der Waals surface area contributed by atoms with E-state index in [1.54, 1.807) is 4.90 Å². The zero-order valence-electron chi connectivity index (χ0n) is 18.7. The molecule has 7 heteroatoms. The van der Waals surface area contributed by atoms with E-state index in [1.807, 2.05) is 12.1 Å². The molecule has 3 amide bonds. The first-order chi connectivity index (χ1) is 16.1. The molecule has 2 aromatic carbocycles. The lowest BCUT2D eigenvalue weighted by Gasteiger charge is -2.29. The van der Waals surface area contributed by atoms with Crippen LogP contribution in [0.5, 0.6) is 0 Å². The van der Waals surface area contributed by atoms with Crippen LogP contribution in [-0.2, 0) is 22.7 Å². The Kier molecular flexibility index (Phi) is 6.24. The number of amides is 3. The van der Waals surface area contributed by atoms with Crippen LogP contribution in [-0.4, -0.2) is 47.8 Å². The van der Waals surface area contributed by atoms with Gasteiger partial charge in [0, 0.05) is 37.0 Å². The highest BCUT2D eigenvalue weighted by atomic mass is 16.2. The van der Waals surface area contributed by atoms with Gasteiger partial charge in [0.25, 0.3) is 5.91 Å². The number of imide groups is 1. The number of nitrogens with zero attached hydrogens (tertiary/aromatic N) is 1. The molecule has 5 rings (SSSR count). The third-order valence-electron chi connectivity index (χ3n) is 7.14. The summed E-state index contributed by atoms with van der Waals surface area (Å²) in [5.41, 5.74) is 4.04. The van der Waals surface area contributed by atoms with Crippen LogP contribution in [0.2, 0.25) is 0 Å². The van der Waals surface area contributed by atoms with Gasteiger partial charge >= 0.3 is 0 Å². The van der Waals surface area contributed by atoms with Crippen molar-refractivity contribution < 1.29 is 14.4 Å². The highest BCUT2D eigenvalue weighted by molar-refractivity contribution is 6.05. The summed E-state index contributed by atoms with van der Waals surface area (Å²) in [6.45, 7) is 3.11. The number of hydrogen-bond acceptors (Lipinski definition) is 5. The van der Waals surface area contributed by atoms with Gasteiger partial charge in [-0.1, -0.05) is 42.5 Å². The molecule has 0 radical (unpaired) electrons. The quantitative estimate of drug-likeness (QED) is 0.612. The summed E-state index contributed by atoms with van der Waals surface area (Å²) in [6, 6.07) is 16.5. The molecule has 0 spiro atoms. The average molecular weight is 447 g/mol. The SMILES string of the molecule is O=C1CCC(N2Cc3ccc(CN[C@@H]4CCNCC[C@@H]4c4ccccc4)cc3C2=O)C(=O)N1. The summed E-state index contributed by atoms with van der Waals surface area (Å²) in [5.74, 6) is -0.318. The Morgan fingerprint density at radius 2 is 1.79 bits per heavy atom. The Balaban J connectivity index is 1.28. The van der Waals surface area contributed by atoms with Crippen molar-refractivity contribution in [1.82, 2.24) is 20.9 Å². The van der Waals surface area contributed by atoms with Crippen molar-refractivity contribution in [2.45, 2.75) is 56.8 Å². The molecular formula is C26H30N4O3. The first-order valence-electron chi connectivity index (χ1n) is 11.9. The second-order valence-corrected chi connectivity index (χ2v) is 9.22. The van der Waals surface area contributed by atoms with E-state index in [1.165, 1.54) is 5.56 Å². The predicted octanol–water partition coefficient (Wildman–Crippen LogP) is 2.07. The molecule has 3 N–H and O–H groups in total. The Morgan fingerprint density at radius 1 is 0.970 bits per heavy atom. The first kappa shape index (κ1) is 21.8. The molecule has 2 saturated heterocycles. The first-order valence-corrected chi connectivity index (χ1v) is 11.9. The van der Waals surface area contributed by atoms with Gasteiger partial charge in [-0.3, -0.25) is 19.7 Å². The maximum atomic E-state index is 13.1. The fraction of sp³-hybridized carbons (Fsp3) is 0.423. The minimum Gasteiger partial charge on any atom is -0.322 e. The van der Waals surface area contributed by atoms with E-state index in [4.69, 9.17) is 0 Å². The topological polar surface area (TPSA) is 90.5 Å². The number of carbonyl (C=O) groups excluding carboxylic acids is 3. The molecule has 0 bridgehead atoms. The third-order valence-corrected chi connectivity index (χ3v) is 7.14. The van der Waals surface area contributed by atoms with Crippen molar-refractivity contribution in [3.05, 3.63) is 70.8 Å². The van der Waals surface area contributed by atoms with Crippen LogP contribution in [0.15, 0.2) is 48.5 Å². The number of hydrogen-bond donors (Lipinski definition) is 3. The summed E-state index contributed by atoms with van der Waals surface area (Å²) in [4.78, 5) is 38.4. The van der Waals surface area contributed by atoms with Crippen LogP contribution in [0.4, 0.5) is 0 Å². The van der Waals surface area contributed by atoms with E-state index in [-0.39, 0.29) is 24.1 Å². The summed E-state index contributed by atoms with van der Waals surface area (Å²) >= 11 is 0. The molecule has 0 aliphatic carbocycles. The van der Waals surface area contributed by atoms with E-state index >= 15 is 0 Å². The molecule has 2 aromatic rings. The van der Waals surface area contributed by atoms with Gasteiger partial charge in [0.2, 0.25) is 11.8 Å². The van der Waals surface area contributed by atoms with Crippen molar-refractivity contribution in [3.8, 4) is 0 Å². The number of rotatable bonds is 5. The van der Waals surface area contributed by atoms with E-state index in [0.29, 0.717) is 37.0 Å². The number of carbonyl (C=O) groups is 3. The molecule has 3 atom stereocenters. The van der Waals surface area contributed by atoms with Crippen LogP contribution >= 0.6 is 0 Å². The maximum Gasteiger partial charge on any atom is 0.255 e. The zero-order valence-corrected chi connectivity index (χ0v) is 18.7. The molecular weight excluding hydrogens is 416 g/mol. The standard InChI is InChI=1S/C26H30N4O3/c31-24-9-8-23(25(32)29-24)30-16-19-7-6-17(14-21(19)26(30)33)15-28-22-11-13-27-12-10-20(22)18-4-2-1-3-5-18/h1-7,14,20,22-23,27-28H,8-13,15-16H2,(H,29,31,32)/t20-,22-,23?/m1/s1. The smallest absolute Gasteiger partial charge is 0.255 e. The summed E-state index contributed by atoms with van der Waals surface area (Å²) in [7, 11) is 0. The van der Waals surface area contributed by atoms with Crippen molar-refractivity contribution in [2.24, 2.45) is 0 Å². The van der Waals surface area contributed by atoms with Crippen molar-refractivity contribution in [1.29, 1.82) is 0 Å². The minimum atomic E-state index is -0.575. The van der Waals surface area contributed by atoms with Crippen molar-refractivity contribution in [2.75, 3.05) is 13.1 Å². The Bertz CT molecular complexity index is 1050. The second kappa shape index (κ2) is 9.45. The van der Waals surface area contributed by atoms with Gasteiger partial charge in [-0.05, 0) is 55.1 Å². The van der Waals surface area contributed by atoms with Gasteiger partial charge in [-0.2, -0.15) is 0 Å². The van der Waals surface area contributed by atoms with Crippen LogP contribution in [0, 0.1) is 0 Å². The monoisotopic (exact) mass is 446 g/mol. The van der Waals surface area contributed by atoms with E-state index < -0.39 is 6.04 Å². The van der Waals surface area contributed by atoms with Gasteiger partial charge < -0.3 is 15.5 Å². The van der Waals surface area contributed by atoms with Gasteiger partial charge in [0.05, 0.1) is 0 Å². The van der Waals surface area contributed by atoms with Gasteiger partial charge in [0.15, 0.2) is 0 Å². The maximum absolute atomic E-state index is 13.1. The Labute approximate surface area is 193 Å². The summed E-state index contributed by atoms with van der Waals surface area (Å²) in [6.07, 6.45) is 2.79. The minimum absolute atomic E-state index is 0.123. The predicted molar refractivity (Wildman–Crippen MR) is 124 cm³/mol. The van der Waals surface area contributed by atoms with E-state index in [2.05, 4.69) is 52.3 Å². The second-order valence-electron chi connectivity index (χ2n) is 9.22. The molecule has 0 aromatic heterocycles. The molecule has 3 aliphatic rings. The van der Waals surface area contributed by atoms with E-state index in [9.17, 15) is 14.4 Å². The lowest BCUT2D eigenvalue weighted by Crippen LogP contribution is -2.52. The fourth-order valence-corrected chi connectivity index (χ4v) is 5.35. The normalized spacial score (nSPS) is 25.5. The van der Waals surface area contributed by atoms with Crippen molar-refractivity contribution >= 4 is 17.7 Å². The molecule has 3 aliphatic heterocycles. The highest BCUT2D eigenvalue weighted by Gasteiger charge is 2.39. The lowest BCUT2D eigenvalue weighted by molar-refractivity contribution is -0.136. The number of nitrogens with one attached hydrogen (secondary N) is 3. The molecule has 1 unspecified atom stereocenters. The number of fused-ring (bicyclic) bond motifs is 1. The van der Waals surface area contributed by atoms with Crippen LogP contribution in [0.25, 0.3) is 0 Å². The number of benzene rings is 2. The molecule has 33 heavy (non-hydrogen) atoms. The van der Waals surface area contributed by atoms with Crippen molar-refractivity contribution in [3.63, 3.8) is 0 Å². The average Bonchev–Trinajstić information content (AvgIpc) is 2.99. The number of piperidine rings is 1. The summed E-state index contributed by atoms with van der Waals surface area (Å²) < 4.78 is 0. The molecule has 2 fully saturated rings. The van der Waals surface area contributed by atoms with Crippen LogP contribution < -0.4 is 16.0 Å². The molecule has 172 valence electrons. The molecule has 3 heterocycles. The molecule has 0 saturated carbocycles. The van der Waals surface area contributed by atoms with Crippen LogP contribution in [0.3, 0.4) is 0 Å². The third kappa shape index (κ3) is 4.56. The molecule has 7 nitrogen and oxygen atoms in total. The van der Waals surface area contributed by atoms with Gasteiger partial charge in [-0.15, -0.1) is 0 Å². The zero-order chi connectivity index (χ0) is 22.8. The summed E-state index contributed by atoms with van der Waals surface area (Å²) in [5, 5.41) is 9.62. The van der Waals surface area contributed by atoms with E-state index in [0.717, 1.165) is 37.1 Å². The lowest BCUT2D eigenvalue weighted by atomic mass is 9.87. The van der Waals surface area contributed by atoms with Crippen LogP contribution in [0.1, 0.15) is 58.6 Å². The van der Waals surface area contributed by atoms with Gasteiger partial charge in [0.1, 0.15) is 6.04 Å². The Hall–Kier alpha value is -3.03. The Morgan fingerprint density at radius 3 is 2.61 bits per heavy atom.